The Morgan fingerprint density at radius 1 is 1.27 bits per heavy atom. The molecule has 0 atom stereocenters. The van der Waals surface area contributed by atoms with E-state index in [0.717, 1.165) is 5.56 Å². The third kappa shape index (κ3) is 3.98. The number of ether oxygens (including phenoxy) is 1. The summed E-state index contributed by atoms with van der Waals surface area (Å²) in [7, 11) is 0. The Balaban J connectivity index is 2.72. The second-order valence-electron chi connectivity index (χ2n) is 3.69. The lowest BCUT2D eigenvalue weighted by Gasteiger charge is -2.07. The van der Waals surface area contributed by atoms with E-state index in [9.17, 15) is 4.79 Å². The molecule has 1 rings (SSSR count). The third-order valence-electron chi connectivity index (χ3n) is 1.85. The number of carbonyl (C=O) groups excluding carboxylic acids is 1. The minimum absolute atomic E-state index is 0.0726. The maximum Gasteiger partial charge on any atom is 0.333 e. The topological polar surface area (TPSA) is 26.3 Å². The van der Waals surface area contributed by atoms with Gasteiger partial charge in [-0.15, -0.1) is 0 Å². The molecule has 0 saturated heterocycles. The molecule has 2 nitrogen and oxygen atoms in total. The first-order valence-corrected chi connectivity index (χ1v) is 5.04. The Morgan fingerprint density at radius 3 is 2.40 bits per heavy atom. The minimum atomic E-state index is -0.256. The fourth-order valence-electron chi connectivity index (χ4n) is 1.17. The van der Waals surface area contributed by atoms with Gasteiger partial charge in [0.05, 0.1) is 6.10 Å². The van der Waals surface area contributed by atoms with E-state index in [1.54, 1.807) is 6.92 Å². The maximum absolute atomic E-state index is 11.5. The normalized spacial score (nSPS) is 11.6. The number of benzene rings is 1. The molecule has 1 aromatic rings. The summed E-state index contributed by atoms with van der Waals surface area (Å²) in [5.41, 5.74) is 1.63. The third-order valence-corrected chi connectivity index (χ3v) is 1.85. The van der Waals surface area contributed by atoms with Crippen LogP contribution in [0.4, 0.5) is 0 Å². The summed E-state index contributed by atoms with van der Waals surface area (Å²) >= 11 is 0. The first-order valence-electron chi connectivity index (χ1n) is 5.04. The van der Waals surface area contributed by atoms with E-state index in [4.69, 9.17) is 4.74 Å². The van der Waals surface area contributed by atoms with Crippen LogP contribution in [0.5, 0.6) is 0 Å². The van der Waals surface area contributed by atoms with E-state index in [-0.39, 0.29) is 12.1 Å². The van der Waals surface area contributed by atoms with Crippen LogP contribution >= 0.6 is 0 Å². The van der Waals surface area contributed by atoms with Crippen molar-refractivity contribution < 1.29 is 9.53 Å². The van der Waals surface area contributed by atoms with E-state index in [0.29, 0.717) is 5.57 Å². The van der Waals surface area contributed by atoms with E-state index in [2.05, 4.69) is 0 Å². The van der Waals surface area contributed by atoms with Gasteiger partial charge in [-0.05, 0) is 32.4 Å². The Kier molecular flexibility index (Phi) is 4.10. The molecule has 0 bridgehead atoms. The van der Waals surface area contributed by atoms with Crippen LogP contribution in [0.2, 0.25) is 0 Å². The van der Waals surface area contributed by atoms with Crippen molar-refractivity contribution in [3.8, 4) is 0 Å². The number of esters is 1. The smallest absolute Gasteiger partial charge is 0.333 e. The fourth-order valence-corrected chi connectivity index (χ4v) is 1.17. The summed E-state index contributed by atoms with van der Waals surface area (Å²) in [6.45, 7) is 5.44. The average molecular weight is 204 g/mol. The largest absolute Gasteiger partial charge is 0.460 e. The number of hydrogen-bond acceptors (Lipinski definition) is 2. The van der Waals surface area contributed by atoms with Crippen LogP contribution in [0.3, 0.4) is 0 Å². The molecule has 2 heteroatoms. The highest BCUT2D eigenvalue weighted by atomic mass is 16.5. The van der Waals surface area contributed by atoms with Gasteiger partial charge >= 0.3 is 5.97 Å². The van der Waals surface area contributed by atoms with Crippen LogP contribution < -0.4 is 0 Å². The van der Waals surface area contributed by atoms with Crippen molar-refractivity contribution >= 4 is 12.0 Å². The SMILES string of the molecule is C/C(=C\c1ccccc1)C(=O)OC(C)C. The molecular weight excluding hydrogens is 188 g/mol. The molecular formula is C13H16O2. The van der Waals surface area contributed by atoms with Gasteiger partial charge in [-0.25, -0.2) is 4.79 Å². The predicted octanol–water partition coefficient (Wildman–Crippen LogP) is 3.04. The van der Waals surface area contributed by atoms with Gasteiger partial charge in [-0.3, -0.25) is 0 Å². The van der Waals surface area contributed by atoms with Crippen molar-refractivity contribution in [3.63, 3.8) is 0 Å². The van der Waals surface area contributed by atoms with Crippen molar-refractivity contribution in [3.05, 3.63) is 41.5 Å². The number of hydrogen-bond donors (Lipinski definition) is 0. The first kappa shape index (κ1) is 11.5. The molecule has 0 radical (unpaired) electrons. The van der Waals surface area contributed by atoms with Crippen LogP contribution in [0, 0.1) is 0 Å². The zero-order valence-corrected chi connectivity index (χ0v) is 9.36. The summed E-state index contributed by atoms with van der Waals surface area (Å²) in [5.74, 6) is -0.256. The molecule has 0 aliphatic heterocycles. The molecule has 0 amide bonds. The standard InChI is InChI=1S/C13H16O2/c1-10(2)15-13(14)11(3)9-12-7-5-4-6-8-12/h4-10H,1-3H3/b11-9+. The second kappa shape index (κ2) is 5.35. The zero-order valence-electron chi connectivity index (χ0n) is 9.36. The molecule has 1 aromatic carbocycles. The van der Waals surface area contributed by atoms with Gasteiger partial charge in [-0.2, -0.15) is 0 Å². The Hall–Kier alpha value is -1.57. The summed E-state index contributed by atoms with van der Waals surface area (Å²) in [5, 5.41) is 0. The summed E-state index contributed by atoms with van der Waals surface area (Å²) in [4.78, 5) is 11.5. The molecule has 0 spiro atoms. The molecule has 0 fully saturated rings. The van der Waals surface area contributed by atoms with Crippen LogP contribution in [0.25, 0.3) is 6.08 Å². The van der Waals surface area contributed by atoms with Crippen molar-refractivity contribution in [2.75, 3.05) is 0 Å². The summed E-state index contributed by atoms with van der Waals surface area (Å²) in [6, 6.07) is 9.72. The zero-order chi connectivity index (χ0) is 11.3. The molecule has 0 saturated carbocycles. The highest BCUT2D eigenvalue weighted by molar-refractivity contribution is 5.93. The Bertz CT molecular complexity index is 350. The van der Waals surface area contributed by atoms with Gasteiger partial charge in [0.2, 0.25) is 0 Å². The van der Waals surface area contributed by atoms with Crippen LogP contribution in [0.1, 0.15) is 26.3 Å². The molecule has 0 N–H and O–H groups in total. The van der Waals surface area contributed by atoms with E-state index < -0.39 is 0 Å². The van der Waals surface area contributed by atoms with Gasteiger partial charge in [0.25, 0.3) is 0 Å². The Morgan fingerprint density at radius 2 is 1.87 bits per heavy atom. The predicted molar refractivity (Wildman–Crippen MR) is 61.3 cm³/mol. The lowest BCUT2D eigenvalue weighted by atomic mass is 10.1. The summed E-state index contributed by atoms with van der Waals surface area (Å²) < 4.78 is 5.08. The van der Waals surface area contributed by atoms with E-state index in [1.165, 1.54) is 0 Å². The maximum atomic E-state index is 11.5. The number of rotatable bonds is 3. The van der Waals surface area contributed by atoms with Crippen LogP contribution in [0.15, 0.2) is 35.9 Å². The van der Waals surface area contributed by atoms with Crippen molar-refractivity contribution in [2.24, 2.45) is 0 Å². The van der Waals surface area contributed by atoms with Crippen LogP contribution in [-0.2, 0) is 9.53 Å². The average Bonchev–Trinajstić information content (AvgIpc) is 2.18. The van der Waals surface area contributed by atoms with Crippen LogP contribution in [-0.4, -0.2) is 12.1 Å². The molecule has 0 heterocycles. The molecule has 80 valence electrons. The Labute approximate surface area is 90.6 Å². The molecule has 0 aromatic heterocycles. The molecule has 0 unspecified atom stereocenters. The van der Waals surface area contributed by atoms with Gasteiger partial charge in [-0.1, -0.05) is 30.3 Å². The van der Waals surface area contributed by atoms with E-state index >= 15 is 0 Å². The van der Waals surface area contributed by atoms with E-state index in [1.807, 2.05) is 50.3 Å². The highest BCUT2D eigenvalue weighted by Gasteiger charge is 2.07. The summed E-state index contributed by atoms with van der Waals surface area (Å²) in [6.07, 6.45) is 1.75. The quantitative estimate of drug-likeness (QED) is 0.558. The lowest BCUT2D eigenvalue weighted by Crippen LogP contribution is -2.11. The van der Waals surface area contributed by atoms with Gasteiger partial charge in [0.15, 0.2) is 0 Å². The second-order valence-corrected chi connectivity index (χ2v) is 3.69. The minimum Gasteiger partial charge on any atom is -0.460 e. The van der Waals surface area contributed by atoms with Crippen molar-refractivity contribution in [1.82, 2.24) is 0 Å². The van der Waals surface area contributed by atoms with Crippen molar-refractivity contribution in [1.29, 1.82) is 0 Å². The molecule has 0 aliphatic rings. The fraction of sp³-hybridized carbons (Fsp3) is 0.308. The number of carbonyl (C=O) groups is 1. The van der Waals surface area contributed by atoms with Gasteiger partial charge in [0.1, 0.15) is 0 Å². The monoisotopic (exact) mass is 204 g/mol. The van der Waals surface area contributed by atoms with Gasteiger partial charge in [0, 0.05) is 5.57 Å². The molecule has 15 heavy (non-hydrogen) atoms. The van der Waals surface area contributed by atoms with Crippen molar-refractivity contribution in [2.45, 2.75) is 26.9 Å². The first-order chi connectivity index (χ1) is 7.09. The van der Waals surface area contributed by atoms with Gasteiger partial charge < -0.3 is 4.74 Å². The highest BCUT2D eigenvalue weighted by Crippen LogP contribution is 2.08. The lowest BCUT2D eigenvalue weighted by molar-refractivity contribution is -0.142. The molecule has 0 aliphatic carbocycles.